The molecule has 0 saturated carbocycles. The van der Waals surface area contributed by atoms with Gasteiger partial charge in [0.2, 0.25) is 0 Å². The molecule has 1 amide bonds. The minimum atomic E-state index is -0.606. The van der Waals surface area contributed by atoms with Crippen molar-refractivity contribution in [1.29, 1.82) is 0 Å². The standard InChI is InChI=1S/C17H13Cl2N3O4/c1-9-11(18)6-12(19)17(20-9)21-15(23)8-25-16(24)7-13-10-4-2-3-5-14(10)26-22-13/h2-6H,7-8H2,1H3,(H,20,21,23). The fraction of sp³-hybridized carbons (Fsp3) is 0.176. The number of rotatable bonds is 5. The van der Waals surface area contributed by atoms with E-state index in [1.807, 2.05) is 6.07 Å². The first-order valence-electron chi connectivity index (χ1n) is 7.55. The van der Waals surface area contributed by atoms with Gasteiger partial charge in [0.25, 0.3) is 5.91 Å². The molecule has 0 saturated heterocycles. The van der Waals surface area contributed by atoms with Crippen LogP contribution in [-0.2, 0) is 20.7 Å². The first kappa shape index (κ1) is 18.2. The Balaban J connectivity index is 1.56. The molecule has 2 aromatic heterocycles. The number of aromatic nitrogens is 2. The van der Waals surface area contributed by atoms with Crippen LogP contribution in [0, 0.1) is 6.92 Å². The van der Waals surface area contributed by atoms with Gasteiger partial charge in [-0.3, -0.25) is 9.59 Å². The lowest BCUT2D eigenvalue weighted by Crippen LogP contribution is -2.22. The molecule has 0 aliphatic rings. The van der Waals surface area contributed by atoms with Crippen LogP contribution in [0.4, 0.5) is 5.82 Å². The number of amides is 1. The number of esters is 1. The van der Waals surface area contributed by atoms with Gasteiger partial charge in [-0.25, -0.2) is 4.98 Å². The highest BCUT2D eigenvalue weighted by Crippen LogP contribution is 2.25. The lowest BCUT2D eigenvalue weighted by molar-refractivity contribution is -0.146. The number of nitrogens with zero attached hydrogens (tertiary/aromatic N) is 2. The van der Waals surface area contributed by atoms with Crippen molar-refractivity contribution in [3.8, 4) is 0 Å². The van der Waals surface area contributed by atoms with Crippen LogP contribution in [0.15, 0.2) is 34.9 Å². The second-order valence-corrected chi connectivity index (χ2v) is 6.21. The Morgan fingerprint density at radius 2 is 2.00 bits per heavy atom. The van der Waals surface area contributed by atoms with E-state index in [4.69, 9.17) is 32.5 Å². The first-order chi connectivity index (χ1) is 12.4. The number of pyridine rings is 1. The molecule has 1 aromatic carbocycles. The van der Waals surface area contributed by atoms with Gasteiger partial charge >= 0.3 is 5.97 Å². The molecule has 0 unspecified atom stereocenters. The van der Waals surface area contributed by atoms with Crippen molar-refractivity contribution in [2.75, 3.05) is 11.9 Å². The number of carbonyl (C=O) groups is 2. The van der Waals surface area contributed by atoms with Gasteiger partial charge in [-0.15, -0.1) is 0 Å². The maximum absolute atomic E-state index is 11.9. The first-order valence-corrected chi connectivity index (χ1v) is 8.31. The van der Waals surface area contributed by atoms with E-state index in [1.165, 1.54) is 6.07 Å². The summed E-state index contributed by atoms with van der Waals surface area (Å²) in [6.45, 7) is 1.20. The number of anilines is 1. The average molecular weight is 394 g/mol. The molecular formula is C17H13Cl2N3O4. The summed E-state index contributed by atoms with van der Waals surface area (Å²) in [4.78, 5) is 27.9. The summed E-state index contributed by atoms with van der Waals surface area (Å²) in [6.07, 6.45) is -0.108. The van der Waals surface area contributed by atoms with E-state index in [-0.39, 0.29) is 17.3 Å². The van der Waals surface area contributed by atoms with Gasteiger partial charge in [-0.05, 0) is 25.1 Å². The molecule has 0 aliphatic carbocycles. The van der Waals surface area contributed by atoms with Crippen LogP contribution < -0.4 is 5.32 Å². The van der Waals surface area contributed by atoms with Crippen LogP contribution in [0.25, 0.3) is 11.0 Å². The van der Waals surface area contributed by atoms with Gasteiger partial charge in [0, 0.05) is 5.39 Å². The zero-order valence-electron chi connectivity index (χ0n) is 13.6. The molecule has 0 atom stereocenters. The minimum Gasteiger partial charge on any atom is -0.455 e. The Bertz CT molecular complexity index is 987. The van der Waals surface area contributed by atoms with Crippen LogP contribution in [0.1, 0.15) is 11.4 Å². The smallest absolute Gasteiger partial charge is 0.312 e. The zero-order chi connectivity index (χ0) is 18.7. The van der Waals surface area contributed by atoms with Crippen molar-refractivity contribution in [3.63, 3.8) is 0 Å². The number of benzene rings is 1. The van der Waals surface area contributed by atoms with E-state index in [0.717, 1.165) is 5.39 Å². The third-order valence-corrected chi connectivity index (χ3v) is 4.16. The quantitative estimate of drug-likeness (QED) is 0.665. The highest BCUT2D eigenvalue weighted by molar-refractivity contribution is 6.36. The molecule has 9 heteroatoms. The SMILES string of the molecule is Cc1nc(NC(=O)COC(=O)Cc2noc3ccccc23)c(Cl)cc1Cl. The Labute approximate surface area is 158 Å². The lowest BCUT2D eigenvalue weighted by atomic mass is 10.2. The third-order valence-electron chi connectivity index (χ3n) is 3.49. The number of para-hydroxylation sites is 1. The molecule has 3 aromatic rings. The molecule has 134 valence electrons. The number of halogens is 2. The Hall–Kier alpha value is -2.64. The van der Waals surface area contributed by atoms with Crippen LogP contribution in [-0.4, -0.2) is 28.6 Å². The predicted octanol–water partition coefficient (Wildman–Crippen LogP) is 3.56. The van der Waals surface area contributed by atoms with Crippen LogP contribution in [0.2, 0.25) is 10.0 Å². The molecule has 0 fully saturated rings. The van der Waals surface area contributed by atoms with E-state index in [9.17, 15) is 9.59 Å². The average Bonchev–Trinajstić information content (AvgIpc) is 3.01. The summed E-state index contributed by atoms with van der Waals surface area (Å²) in [5, 5.41) is 7.61. The van der Waals surface area contributed by atoms with E-state index >= 15 is 0 Å². The molecule has 3 rings (SSSR count). The van der Waals surface area contributed by atoms with Gasteiger partial charge in [0.05, 0.1) is 22.2 Å². The topological polar surface area (TPSA) is 94.3 Å². The highest BCUT2D eigenvalue weighted by Gasteiger charge is 2.15. The van der Waals surface area contributed by atoms with Crippen molar-refractivity contribution in [1.82, 2.24) is 10.1 Å². The van der Waals surface area contributed by atoms with E-state index in [2.05, 4.69) is 15.5 Å². The molecule has 2 heterocycles. The number of ether oxygens (including phenoxy) is 1. The summed E-state index contributed by atoms with van der Waals surface area (Å²) in [6, 6.07) is 8.63. The van der Waals surface area contributed by atoms with Crippen molar-refractivity contribution in [2.45, 2.75) is 13.3 Å². The van der Waals surface area contributed by atoms with Crippen molar-refractivity contribution >= 4 is 51.9 Å². The predicted molar refractivity (Wildman–Crippen MR) is 96.3 cm³/mol. The Morgan fingerprint density at radius 1 is 1.23 bits per heavy atom. The molecule has 7 nitrogen and oxygen atoms in total. The lowest BCUT2D eigenvalue weighted by Gasteiger charge is -2.08. The highest BCUT2D eigenvalue weighted by atomic mass is 35.5. The van der Waals surface area contributed by atoms with Crippen LogP contribution >= 0.6 is 23.2 Å². The second kappa shape index (κ2) is 7.72. The molecule has 0 spiro atoms. The van der Waals surface area contributed by atoms with Crippen LogP contribution in [0.5, 0.6) is 0 Å². The third kappa shape index (κ3) is 4.12. The van der Waals surface area contributed by atoms with Gasteiger partial charge in [0.1, 0.15) is 5.69 Å². The minimum absolute atomic E-state index is 0.108. The summed E-state index contributed by atoms with van der Waals surface area (Å²) in [7, 11) is 0. The maximum atomic E-state index is 11.9. The van der Waals surface area contributed by atoms with Crippen LogP contribution in [0.3, 0.4) is 0 Å². The Kier molecular flexibility index (Phi) is 5.39. The molecule has 0 aliphatic heterocycles. The molecule has 0 radical (unpaired) electrons. The number of hydrogen-bond donors (Lipinski definition) is 1. The molecule has 0 bridgehead atoms. The fourth-order valence-electron chi connectivity index (χ4n) is 2.21. The normalized spacial score (nSPS) is 10.7. The summed E-state index contributed by atoms with van der Waals surface area (Å²) >= 11 is 11.9. The van der Waals surface area contributed by atoms with Crippen molar-refractivity contribution in [2.24, 2.45) is 0 Å². The number of nitrogens with one attached hydrogen (secondary N) is 1. The summed E-state index contributed by atoms with van der Waals surface area (Å²) in [5.41, 5.74) is 1.54. The Morgan fingerprint density at radius 3 is 2.81 bits per heavy atom. The molecule has 1 N–H and O–H groups in total. The summed E-state index contributed by atoms with van der Waals surface area (Å²) in [5.74, 6) is -1.03. The molecule has 26 heavy (non-hydrogen) atoms. The van der Waals surface area contributed by atoms with Gasteiger partial charge < -0.3 is 14.6 Å². The van der Waals surface area contributed by atoms with Crippen molar-refractivity contribution < 1.29 is 18.8 Å². The van der Waals surface area contributed by atoms with Crippen molar-refractivity contribution in [3.05, 3.63) is 51.8 Å². The fourth-order valence-corrected chi connectivity index (χ4v) is 2.62. The largest absolute Gasteiger partial charge is 0.455 e. The van der Waals surface area contributed by atoms with Gasteiger partial charge in [0.15, 0.2) is 18.0 Å². The monoisotopic (exact) mass is 393 g/mol. The maximum Gasteiger partial charge on any atom is 0.312 e. The second-order valence-electron chi connectivity index (χ2n) is 5.40. The number of fused-ring (bicyclic) bond motifs is 1. The van der Waals surface area contributed by atoms with Gasteiger partial charge in [-0.1, -0.05) is 40.5 Å². The molecular weight excluding hydrogens is 381 g/mol. The number of carbonyl (C=O) groups excluding carboxylic acids is 2. The van der Waals surface area contributed by atoms with E-state index < -0.39 is 18.5 Å². The van der Waals surface area contributed by atoms with E-state index in [1.54, 1.807) is 25.1 Å². The number of hydrogen-bond acceptors (Lipinski definition) is 6. The number of aryl methyl sites for hydroxylation is 1. The van der Waals surface area contributed by atoms with E-state index in [0.29, 0.717) is 22.0 Å². The zero-order valence-corrected chi connectivity index (χ0v) is 15.1. The summed E-state index contributed by atoms with van der Waals surface area (Å²) < 4.78 is 10.1. The van der Waals surface area contributed by atoms with Gasteiger partial charge in [-0.2, -0.15) is 0 Å².